The van der Waals surface area contributed by atoms with Gasteiger partial charge in [-0.05, 0) is 24.3 Å². The second-order valence-corrected chi connectivity index (χ2v) is 5.49. The Morgan fingerprint density at radius 1 is 1.12 bits per heavy atom. The van der Waals surface area contributed by atoms with E-state index in [1.165, 1.54) is 0 Å². The van der Waals surface area contributed by atoms with Crippen LogP contribution >= 0.6 is 0 Å². The molecule has 0 saturated heterocycles. The molecule has 8 nitrogen and oxygen atoms in total. The quantitative estimate of drug-likeness (QED) is 0.619. The molecule has 8 heteroatoms. The number of pyridine rings is 2. The van der Waals surface area contributed by atoms with Gasteiger partial charge in [-0.3, -0.25) is 19.0 Å². The number of fused-ring (bicyclic) bond motifs is 1. The zero-order chi connectivity index (χ0) is 18.4. The number of carbonyl (C=O) groups is 2. The first kappa shape index (κ1) is 17.6. The van der Waals surface area contributed by atoms with Crippen LogP contribution in [0.4, 0.5) is 0 Å². The number of rotatable bonds is 7. The normalized spacial score (nSPS) is 10.7. The van der Waals surface area contributed by atoms with Crippen molar-refractivity contribution in [3.05, 3.63) is 66.0 Å². The van der Waals surface area contributed by atoms with Crippen molar-refractivity contribution in [2.75, 3.05) is 20.3 Å². The fourth-order valence-electron chi connectivity index (χ4n) is 2.47. The molecule has 134 valence electrons. The van der Waals surface area contributed by atoms with Crippen molar-refractivity contribution in [1.82, 2.24) is 25.0 Å². The molecule has 0 saturated carbocycles. The van der Waals surface area contributed by atoms with E-state index in [0.29, 0.717) is 18.7 Å². The molecule has 2 amide bonds. The fourth-order valence-corrected chi connectivity index (χ4v) is 2.47. The number of hydrogen-bond donors (Lipinski definition) is 2. The summed E-state index contributed by atoms with van der Waals surface area (Å²) in [5.41, 5.74) is 1.49. The summed E-state index contributed by atoms with van der Waals surface area (Å²) < 4.78 is 6.52. The maximum Gasteiger partial charge on any atom is 0.287 e. The summed E-state index contributed by atoms with van der Waals surface area (Å²) in [6.07, 6.45) is 3.36. The molecule has 0 fully saturated rings. The Bertz CT molecular complexity index is 908. The fraction of sp³-hybridized carbons (Fsp3) is 0.222. The summed E-state index contributed by atoms with van der Waals surface area (Å²) in [7, 11) is 1.56. The summed E-state index contributed by atoms with van der Waals surface area (Å²) in [5.74, 6) is -0.581. The topological polar surface area (TPSA) is 97.6 Å². The van der Waals surface area contributed by atoms with Crippen LogP contribution in [0.5, 0.6) is 0 Å². The van der Waals surface area contributed by atoms with Gasteiger partial charge in [-0.15, -0.1) is 0 Å². The summed E-state index contributed by atoms with van der Waals surface area (Å²) in [4.78, 5) is 33.3. The van der Waals surface area contributed by atoms with Gasteiger partial charge in [-0.25, -0.2) is 4.98 Å². The first-order valence-electron chi connectivity index (χ1n) is 8.13. The highest BCUT2D eigenvalue weighted by molar-refractivity contribution is 6.02. The van der Waals surface area contributed by atoms with E-state index in [4.69, 9.17) is 4.74 Å². The number of methoxy groups -OCH3 is 1. The Balaban J connectivity index is 1.81. The van der Waals surface area contributed by atoms with Crippen molar-refractivity contribution in [3.8, 4) is 0 Å². The molecule has 26 heavy (non-hydrogen) atoms. The van der Waals surface area contributed by atoms with Crippen molar-refractivity contribution < 1.29 is 14.3 Å². The Morgan fingerprint density at radius 3 is 2.73 bits per heavy atom. The number of nitrogens with zero attached hydrogens (tertiary/aromatic N) is 3. The van der Waals surface area contributed by atoms with E-state index < -0.39 is 0 Å². The van der Waals surface area contributed by atoms with Gasteiger partial charge in [0.2, 0.25) is 5.82 Å². The molecule has 3 heterocycles. The van der Waals surface area contributed by atoms with Crippen LogP contribution in [0, 0.1) is 0 Å². The van der Waals surface area contributed by atoms with Crippen LogP contribution in [0.1, 0.15) is 26.8 Å². The van der Waals surface area contributed by atoms with Gasteiger partial charge in [0.05, 0.1) is 24.4 Å². The predicted octanol–water partition coefficient (Wildman–Crippen LogP) is 1.04. The van der Waals surface area contributed by atoms with E-state index >= 15 is 0 Å². The molecule has 3 aromatic heterocycles. The molecule has 0 bridgehead atoms. The number of ether oxygens (including phenoxy) is 1. The Hall–Kier alpha value is -3.26. The third-order valence-electron chi connectivity index (χ3n) is 3.71. The first-order chi connectivity index (χ1) is 12.7. The zero-order valence-electron chi connectivity index (χ0n) is 14.3. The van der Waals surface area contributed by atoms with E-state index in [2.05, 4.69) is 20.6 Å². The van der Waals surface area contributed by atoms with Crippen molar-refractivity contribution in [3.63, 3.8) is 0 Å². The van der Waals surface area contributed by atoms with Crippen LogP contribution < -0.4 is 10.6 Å². The van der Waals surface area contributed by atoms with Crippen LogP contribution in [-0.2, 0) is 11.3 Å². The maximum atomic E-state index is 12.6. The third-order valence-corrected chi connectivity index (χ3v) is 3.71. The van der Waals surface area contributed by atoms with Crippen molar-refractivity contribution in [1.29, 1.82) is 0 Å². The largest absolute Gasteiger partial charge is 0.383 e. The minimum Gasteiger partial charge on any atom is -0.383 e. The van der Waals surface area contributed by atoms with E-state index in [1.54, 1.807) is 42.1 Å². The van der Waals surface area contributed by atoms with E-state index in [-0.39, 0.29) is 29.9 Å². The molecule has 0 unspecified atom stereocenters. The van der Waals surface area contributed by atoms with Gasteiger partial charge in [-0.1, -0.05) is 12.1 Å². The Kier molecular flexibility index (Phi) is 5.55. The van der Waals surface area contributed by atoms with Gasteiger partial charge in [0, 0.05) is 26.0 Å². The third kappa shape index (κ3) is 3.86. The van der Waals surface area contributed by atoms with Crippen LogP contribution in [0.3, 0.4) is 0 Å². The molecule has 0 atom stereocenters. The van der Waals surface area contributed by atoms with Crippen LogP contribution in [0.2, 0.25) is 0 Å². The average Bonchev–Trinajstić information content (AvgIpc) is 3.07. The molecule has 3 rings (SSSR count). The second kappa shape index (κ2) is 8.21. The molecule has 3 aromatic rings. The minimum absolute atomic E-state index is 0.152. The second-order valence-electron chi connectivity index (χ2n) is 5.49. The van der Waals surface area contributed by atoms with Crippen LogP contribution in [0.15, 0.2) is 48.8 Å². The standard InChI is InChI=1S/C18H19N5O3/c1-26-11-9-20-18(25)16-22-15(14-7-3-5-10-23(14)16)17(24)21-12-13-6-2-4-8-19-13/h2-8,10H,9,11-12H2,1H3,(H,20,25)(H,21,24). The molecule has 0 aromatic carbocycles. The SMILES string of the molecule is COCCNC(=O)c1nc(C(=O)NCc2ccccn2)c2ccccn12. The number of aromatic nitrogens is 3. The highest BCUT2D eigenvalue weighted by atomic mass is 16.5. The summed E-state index contributed by atoms with van der Waals surface area (Å²) in [6.45, 7) is 1.03. The van der Waals surface area contributed by atoms with Gasteiger partial charge in [-0.2, -0.15) is 0 Å². The van der Waals surface area contributed by atoms with Crippen LogP contribution in [0.25, 0.3) is 5.52 Å². The smallest absolute Gasteiger partial charge is 0.287 e. The van der Waals surface area contributed by atoms with E-state index in [9.17, 15) is 9.59 Å². The zero-order valence-corrected chi connectivity index (χ0v) is 14.3. The Morgan fingerprint density at radius 2 is 1.96 bits per heavy atom. The van der Waals surface area contributed by atoms with Gasteiger partial charge >= 0.3 is 0 Å². The first-order valence-corrected chi connectivity index (χ1v) is 8.13. The Labute approximate surface area is 150 Å². The summed E-state index contributed by atoms with van der Waals surface area (Å²) in [5, 5.41) is 5.50. The molecule has 0 radical (unpaired) electrons. The van der Waals surface area contributed by atoms with Gasteiger partial charge < -0.3 is 15.4 Å². The molecule has 0 aliphatic heterocycles. The lowest BCUT2D eigenvalue weighted by Gasteiger charge is -2.03. The maximum absolute atomic E-state index is 12.6. The minimum atomic E-state index is -0.368. The number of amides is 2. The van der Waals surface area contributed by atoms with E-state index in [0.717, 1.165) is 5.69 Å². The van der Waals surface area contributed by atoms with Gasteiger partial charge in [0.25, 0.3) is 11.8 Å². The van der Waals surface area contributed by atoms with Crippen molar-refractivity contribution in [2.24, 2.45) is 0 Å². The van der Waals surface area contributed by atoms with Gasteiger partial charge in [0.1, 0.15) is 0 Å². The number of carbonyl (C=O) groups excluding carboxylic acids is 2. The lowest BCUT2D eigenvalue weighted by atomic mass is 10.3. The number of imidazole rings is 1. The van der Waals surface area contributed by atoms with Gasteiger partial charge in [0.15, 0.2) is 5.69 Å². The molecule has 0 aliphatic rings. The summed E-state index contributed by atoms with van der Waals surface area (Å²) >= 11 is 0. The van der Waals surface area contributed by atoms with E-state index in [1.807, 2.05) is 18.2 Å². The molecular weight excluding hydrogens is 334 g/mol. The lowest BCUT2D eigenvalue weighted by molar-refractivity contribution is 0.0926. The predicted molar refractivity (Wildman–Crippen MR) is 94.8 cm³/mol. The average molecular weight is 353 g/mol. The highest BCUT2D eigenvalue weighted by Crippen LogP contribution is 2.13. The highest BCUT2D eigenvalue weighted by Gasteiger charge is 2.21. The number of nitrogens with one attached hydrogen (secondary N) is 2. The molecular formula is C18H19N5O3. The number of hydrogen-bond acceptors (Lipinski definition) is 5. The van der Waals surface area contributed by atoms with Crippen molar-refractivity contribution in [2.45, 2.75) is 6.54 Å². The monoisotopic (exact) mass is 353 g/mol. The molecule has 0 aliphatic carbocycles. The molecule has 0 spiro atoms. The molecule has 2 N–H and O–H groups in total. The van der Waals surface area contributed by atoms with Crippen molar-refractivity contribution >= 4 is 17.3 Å². The lowest BCUT2D eigenvalue weighted by Crippen LogP contribution is -2.29. The van der Waals surface area contributed by atoms with Crippen LogP contribution in [-0.4, -0.2) is 46.4 Å². The summed E-state index contributed by atoms with van der Waals surface area (Å²) in [6, 6.07) is 10.8.